The summed E-state index contributed by atoms with van der Waals surface area (Å²) in [6.07, 6.45) is 5.67. The molecular formula is C16H20BrN3. The summed E-state index contributed by atoms with van der Waals surface area (Å²) in [5.41, 5.74) is 4.09. The maximum absolute atomic E-state index is 4.62. The third-order valence-corrected chi connectivity index (χ3v) is 4.43. The maximum atomic E-state index is 4.62. The van der Waals surface area contributed by atoms with Crippen molar-refractivity contribution in [2.45, 2.75) is 38.8 Å². The maximum Gasteiger partial charge on any atom is 0.0663 e. The topological polar surface area (TPSA) is 29.9 Å². The normalized spacial score (nSPS) is 18.0. The minimum atomic E-state index is 0.486. The minimum Gasteiger partial charge on any atom is -0.310 e. The van der Waals surface area contributed by atoms with Crippen molar-refractivity contribution in [2.75, 3.05) is 6.54 Å². The second-order valence-corrected chi connectivity index (χ2v) is 6.25. The summed E-state index contributed by atoms with van der Waals surface area (Å²) in [5, 5.41) is 8.18. The van der Waals surface area contributed by atoms with Gasteiger partial charge in [-0.1, -0.05) is 35.0 Å². The molecule has 106 valence electrons. The van der Waals surface area contributed by atoms with Gasteiger partial charge in [0.1, 0.15) is 0 Å². The Morgan fingerprint density at radius 2 is 2.35 bits per heavy atom. The molecular weight excluding hydrogens is 314 g/mol. The largest absolute Gasteiger partial charge is 0.310 e. The summed E-state index contributed by atoms with van der Waals surface area (Å²) in [7, 11) is 0. The Labute approximate surface area is 128 Å². The number of nitrogens with one attached hydrogen (secondary N) is 1. The Bertz CT molecular complexity index is 591. The lowest BCUT2D eigenvalue weighted by molar-refractivity contribution is 0.460. The van der Waals surface area contributed by atoms with Crippen molar-refractivity contribution in [1.82, 2.24) is 15.1 Å². The molecule has 0 saturated carbocycles. The van der Waals surface area contributed by atoms with Gasteiger partial charge in [0.2, 0.25) is 0 Å². The second-order valence-electron chi connectivity index (χ2n) is 5.34. The Balaban J connectivity index is 1.85. The lowest BCUT2D eigenvalue weighted by Gasteiger charge is -2.23. The molecule has 20 heavy (non-hydrogen) atoms. The third-order valence-electron chi connectivity index (χ3n) is 3.93. The molecule has 4 heteroatoms. The van der Waals surface area contributed by atoms with Crippen molar-refractivity contribution in [1.29, 1.82) is 0 Å². The molecule has 1 unspecified atom stereocenters. The molecule has 3 rings (SSSR count). The fourth-order valence-corrected chi connectivity index (χ4v) is 3.47. The van der Waals surface area contributed by atoms with E-state index in [1.807, 2.05) is 0 Å². The summed E-state index contributed by atoms with van der Waals surface area (Å²) in [6, 6.07) is 8.95. The molecule has 1 aliphatic rings. The molecule has 1 aromatic carbocycles. The molecule has 1 heterocycles. The van der Waals surface area contributed by atoms with Crippen LogP contribution in [0.4, 0.5) is 0 Å². The summed E-state index contributed by atoms with van der Waals surface area (Å²) >= 11 is 3.53. The van der Waals surface area contributed by atoms with E-state index in [0.29, 0.717) is 6.04 Å². The SMILES string of the molecule is CCNC1CCCc2c1cnn2Cc1cccc(Br)c1. The Morgan fingerprint density at radius 3 is 3.15 bits per heavy atom. The van der Waals surface area contributed by atoms with Gasteiger partial charge in [-0.25, -0.2) is 0 Å². The highest BCUT2D eigenvalue weighted by molar-refractivity contribution is 9.10. The van der Waals surface area contributed by atoms with E-state index in [2.05, 4.69) is 68.4 Å². The van der Waals surface area contributed by atoms with Gasteiger partial charge in [0.15, 0.2) is 0 Å². The number of hydrogen-bond acceptors (Lipinski definition) is 2. The predicted molar refractivity (Wildman–Crippen MR) is 84.8 cm³/mol. The monoisotopic (exact) mass is 333 g/mol. The van der Waals surface area contributed by atoms with E-state index in [-0.39, 0.29) is 0 Å². The van der Waals surface area contributed by atoms with E-state index in [4.69, 9.17) is 0 Å². The first-order valence-corrected chi connectivity index (χ1v) is 8.09. The first-order valence-electron chi connectivity index (χ1n) is 7.30. The molecule has 1 aliphatic carbocycles. The van der Waals surface area contributed by atoms with Crippen molar-refractivity contribution >= 4 is 15.9 Å². The smallest absolute Gasteiger partial charge is 0.0663 e. The molecule has 1 atom stereocenters. The van der Waals surface area contributed by atoms with E-state index >= 15 is 0 Å². The molecule has 0 spiro atoms. The third kappa shape index (κ3) is 2.81. The van der Waals surface area contributed by atoms with Gasteiger partial charge in [0, 0.05) is 21.8 Å². The standard InChI is InChI=1S/C16H20BrN3/c1-2-18-15-7-4-8-16-14(15)10-19-20(16)11-12-5-3-6-13(17)9-12/h3,5-6,9-10,15,18H,2,4,7-8,11H2,1H3. The van der Waals surface area contributed by atoms with Crippen LogP contribution in [0.2, 0.25) is 0 Å². The van der Waals surface area contributed by atoms with Crippen molar-refractivity contribution in [3.05, 3.63) is 51.8 Å². The number of rotatable bonds is 4. The fourth-order valence-electron chi connectivity index (χ4n) is 3.02. The first kappa shape index (κ1) is 13.8. The van der Waals surface area contributed by atoms with Crippen molar-refractivity contribution in [2.24, 2.45) is 0 Å². The van der Waals surface area contributed by atoms with E-state index in [0.717, 1.165) is 24.0 Å². The molecule has 0 saturated heterocycles. The Hall–Kier alpha value is -1.13. The first-order chi connectivity index (χ1) is 9.78. The molecule has 0 amide bonds. The molecule has 0 radical (unpaired) electrons. The summed E-state index contributed by atoms with van der Waals surface area (Å²) < 4.78 is 3.29. The number of fused-ring (bicyclic) bond motifs is 1. The van der Waals surface area contributed by atoms with E-state index < -0.39 is 0 Å². The highest BCUT2D eigenvalue weighted by atomic mass is 79.9. The van der Waals surface area contributed by atoms with E-state index in [1.54, 1.807) is 0 Å². The molecule has 2 aromatic rings. The van der Waals surface area contributed by atoms with Crippen LogP contribution in [0, 0.1) is 0 Å². The van der Waals surface area contributed by atoms with Gasteiger partial charge in [0.25, 0.3) is 0 Å². The zero-order valence-electron chi connectivity index (χ0n) is 11.8. The molecule has 1 aromatic heterocycles. The van der Waals surface area contributed by atoms with Crippen LogP contribution in [0.1, 0.15) is 42.6 Å². The second kappa shape index (κ2) is 6.10. The zero-order chi connectivity index (χ0) is 13.9. The number of aromatic nitrogens is 2. The van der Waals surface area contributed by atoms with Gasteiger partial charge in [-0.05, 0) is 43.5 Å². The summed E-state index contributed by atoms with van der Waals surface area (Å²) in [4.78, 5) is 0. The van der Waals surface area contributed by atoms with Crippen LogP contribution in [-0.4, -0.2) is 16.3 Å². The van der Waals surface area contributed by atoms with E-state index in [1.165, 1.54) is 29.7 Å². The van der Waals surface area contributed by atoms with Crippen molar-refractivity contribution < 1.29 is 0 Å². The average Bonchev–Trinajstić information content (AvgIpc) is 2.84. The van der Waals surface area contributed by atoms with Crippen molar-refractivity contribution in [3.63, 3.8) is 0 Å². The molecule has 3 nitrogen and oxygen atoms in total. The zero-order valence-corrected chi connectivity index (χ0v) is 13.4. The highest BCUT2D eigenvalue weighted by Gasteiger charge is 2.23. The van der Waals surface area contributed by atoms with Gasteiger partial charge in [-0.2, -0.15) is 5.10 Å². The van der Waals surface area contributed by atoms with Crippen LogP contribution < -0.4 is 5.32 Å². The van der Waals surface area contributed by atoms with Gasteiger partial charge < -0.3 is 5.32 Å². The van der Waals surface area contributed by atoms with Crippen LogP contribution in [0.25, 0.3) is 0 Å². The number of hydrogen-bond donors (Lipinski definition) is 1. The minimum absolute atomic E-state index is 0.486. The molecule has 1 N–H and O–H groups in total. The summed E-state index contributed by atoms with van der Waals surface area (Å²) in [5.74, 6) is 0. The lowest BCUT2D eigenvalue weighted by atomic mass is 9.93. The van der Waals surface area contributed by atoms with Crippen LogP contribution >= 0.6 is 15.9 Å². The Kier molecular flexibility index (Phi) is 4.22. The van der Waals surface area contributed by atoms with E-state index in [9.17, 15) is 0 Å². The number of halogens is 1. The Morgan fingerprint density at radius 1 is 1.45 bits per heavy atom. The number of benzene rings is 1. The molecule has 0 fully saturated rings. The molecule has 0 aliphatic heterocycles. The fraction of sp³-hybridized carbons (Fsp3) is 0.438. The average molecular weight is 334 g/mol. The number of nitrogens with zero attached hydrogens (tertiary/aromatic N) is 2. The van der Waals surface area contributed by atoms with Crippen LogP contribution in [0.5, 0.6) is 0 Å². The summed E-state index contributed by atoms with van der Waals surface area (Å²) in [6.45, 7) is 4.04. The quantitative estimate of drug-likeness (QED) is 0.924. The van der Waals surface area contributed by atoms with Gasteiger partial charge in [-0.15, -0.1) is 0 Å². The van der Waals surface area contributed by atoms with Gasteiger partial charge >= 0.3 is 0 Å². The van der Waals surface area contributed by atoms with Gasteiger partial charge in [0.05, 0.1) is 12.7 Å². The van der Waals surface area contributed by atoms with Crippen LogP contribution in [0.3, 0.4) is 0 Å². The van der Waals surface area contributed by atoms with Gasteiger partial charge in [-0.3, -0.25) is 4.68 Å². The van der Waals surface area contributed by atoms with Crippen LogP contribution in [-0.2, 0) is 13.0 Å². The lowest BCUT2D eigenvalue weighted by Crippen LogP contribution is -2.25. The predicted octanol–water partition coefficient (Wildman–Crippen LogP) is 3.68. The van der Waals surface area contributed by atoms with Crippen molar-refractivity contribution in [3.8, 4) is 0 Å². The molecule has 0 bridgehead atoms. The van der Waals surface area contributed by atoms with Crippen LogP contribution in [0.15, 0.2) is 34.9 Å². The highest BCUT2D eigenvalue weighted by Crippen LogP contribution is 2.29.